The molecule has 1 saturated heterocycles. The van der Waals surface area contributed by atoms with Gasteiger partial charge in [-0.25, -0.2) is 4.79 Å². The lowest BCUT2D eigenvalue weighted by molar-refractivity contribution is -0.171. The van der Waals surface area contributed by atoms with Crippen molar-refractivity contribution in [2.75, 3.05) is 13.2 Å². The number of rotatable bonds is 5. The van der Waals surface area contributed by atoms with E-state index in [-0.39, 0.29) is 24.9 Å². The second-order valence-electron chi connectivity index (χ2n) is 4.44. The van der Waals surface area contributed by atoms with Crippen molar-refractivity contribution in [1.82, 2.24) is 0 Å². The fourth-order valence-corrected chi connectivity index (χ4v) is 1.61. The average molecular weight is 242 g/mol. The SMILES string of the molecule is C=C(C)C(=O)OCC1COC(C)(CC(C)=O)O1. The quantitative estimate of drug-likeness (QED) is 0.535. The standard InChI is InChI=1S/C12H18O5/c1-8(2)11(14)15-6-10-7-16-12(4,17-10)5-9(3)13/h10H,1,5-7H2,2-4H3. The van der Waals surface area contributed by atoms with E-state index in [9.17, 15) is 9.59 Å². The predicted octanol–water partition coefficient (Wildman–Crippen LogP) is 1.22. The van der Waals surface area contributed by atoms with Crippen molar-refractivity contribution in [3.8, 4) is 0 Å². The summed E-state index contributed by atoms with van der Waals surface area (Å²) in [5.41, 5.74) is 0.343. The topological polar surface area (TPSA) is 61.8 Å². The van der Waals surface area contributed by atoms with E-state index >= 15 is 0 Å². The summed E-state index contributed by atoms with van der Waals surface area (Å²) in [6.07, 6.45) is -0.138. The van der Waals surface area contributed by atoms with Crippen LogP contribution in [-0.2, 0) is 23.8 Å². The summed E-state index contributed by atoms with van der Waals surface area (Å²) in [6.45, 7) is 8.66. The Hall–Kier alpha value is -1.20. The van der Waals surface area contributed by atoms with Gasteiger partial charge in [0.2, 0.25) is 0 Å². The summed E-state index contributed by atoms with van der Waals surface area (Å²) < 4.78 is 15.9. The molecule has 5 nitrogen and oxygen atoms in total. The molecule has 0 saturated carbocycles. The average Bonchev–Trinajstić information content (AvgIpc) is 2.55. The van der Waals surface area contributed by atoms with Crippen LogP contribution in [-0.4, -0.2) is 36.9 Å². The highest BCUT2D eigenvalue weighted by Gasteiger charge is 2.38. The third-order valence-corrected chi connectivity index (χ3v) is 2.31. The van der Waals surface area contributed by atoms with Gasteiger partial charge in [0.1, 0.15) is 18.5 Å². The summed E-state index contributed by atoms with van der Waals surface area (Å²) in [6, 6.07) is 0. The number of carbonyl (C=O) groups is 2. The van der Waals surface area contributed by atoms with Crippen LogP contribution in [0.25, 0.3) is 0 Å². The van der Waals surface area contributed by atoms with Crippen molar-refractivity contribution in [3.05, 3.63) is 12.2 Å². The molecule has 1 rings (SSSR count). The van der Waals surface area contributed by atoms with Crippen molar-refractivity contribution < 1.29 is 23.8 Å². The smallest absolute Gasteiger partial charge is 0.333 e. The molecule has 1 heterocycles. The molecule has 0 bridgehead atoms. The number of ether oxygens (including phenoxy) is 3. The third kappa shape index (κ3) is 4.28. The van der Waals surface area contributed by atoms with Crippen LogP contribution in [0.5, 0.6) is 0 Å². The van der Waals surface area contributed by atoms with Gasteiger partial charge in [-0.2, -0.15) is 0 Å². The van der Waals surface area contributed by atoms with Crippen molar-refractivity contribution in [3.63, 3.8) is 0 Å². The molecule has 96 valence electrons. The molecule has 0 radical (unpaired) electrons. The van der Waals surface area contributed by atoms with E-state index in [0.717, 1.165) is 0 Å². The molecule has 17 heavy (non-hydrogen) atoms. The van der Waals surface area contributed by atoms with Gasteiger partial charge < -0.3 is 14.2 Å². The Morgan fingerprint density at radius 1 is 1.47 bits per heavy atom. The van der Waals surface area contributed by atoms with E-state index in [1.165, 1.54) is 6.92 Å². The normalized spacial score (nSPS) is 27.8. The second kappa shape index (κ2) is 5.42. The Morgan fingerprint density at radius 2 is 2.12 bits per heavy atom. The lowest BCUT2D eigenvalue weighted by Gasteiger charge is -2.21. The van der Waals surface area contributed by atoms with Gasteiger partial charge in [0, 0.05) is 5.57 Å². The molecule has 0 spiro atoms. The van der Waals surface area contributed by atoms with Crippen molar-refractivity contribution in [1.29, 1.82) is 0 Å². The Bertz CT molecular complexity index is 336. The van der Waals surface area contributed by atoms with Gasteiger partial charge in [0.05, 0.1) is 13.0 Å². The highest BCUT2D eigenvalue weighted by atomic mass is 16.7. The minimum atomic E-state index is -0.897. The molecule has 1 aliphatic heterocycles. The minimum absolute atomic E-state index is 0.00733. The van der Waals surface area contributed by atoms with Gasteiger partial charge in [-0.3, -0.25) is 4.79 Å². The molecule has 0 aromatic rings. The van der Waals surface area contributed by atoms with E-state index < -0.39 is 11.8 Å². The predicted molar refractivity (Wildman–Crippen MR) is 60.3 cm³/mol. The van der Waals surface area contributed by atoms with E-state index in [0.29, 0.717) is 12.2 Å². The highest BCUT2D eigenvalue weighted by molar-refractivity contribution is 5.86. The number of hydrogen-bond acceptors (Lipinski definition) is 5. The van der Waals surface area contributed by atoms with E-state index in [4.69, 9.17) is 14.2 Å². The molecule has 0 aliphatic carbocycles. The van der Waals surface area contributed by atoms with Crippen molar-refractivity contribution in [2.24, 2.45) is 0 Å². The number of Topliss-reactive ketones (excluding diaryl/α,β-unsaturated/α-hetero) is 1. The summed E-state index contributed by atoms with van der Waals surface area (Å²) in [7, 11) is 0. The van der Waals surface area contributed by atoms with Gasteiger partial charge >= 0.3 is 5.97 Å². The Labute approximate surface area is 101 Å². The molecule has 2 atom stereocenters. The zero-order chi connectivity index (χ0) is 13.1. The van der Waals surface area contributed by atoms with Crippen LogP contribution in [0, 0.1) is 0 Å². The molecule has 0 N–H and O–H groups in total. The van der Waals surface area contributed by atoms with E-state index in [2.05, 4.69) is 6.58 Å². The lowest BCUT2D eigenvalue weighted by atomic mass is 10.2. The fraction of sp³-hybridized carbons (Fsp3) is 0.667. The minimum Gasteiger partial charge on any atom is -0.459 e. The van der Waals surface area contributed by atoms with Gasteiger partial charge in [-0.1, -0.05) is 6.58 Å². The first-order chi connectivity index (χ1) is 7.82. The van der Waals surface area contributed by atoms with Gasteiger partial charge in [0.15, 0.2) is 5.79 Å². The fourth-order valence-electron chi connectivity index (χ4n) is 1.61. The zero-order valence-electron chi connectivity index (χ0n) is 10.4. The summed E-state index contributed by atoms with van der Waals surface area (Å²) in [5.74, 6) is -1.35. The first-order valence-corrected chi connectivity index (χ1v) is 5.46. The van der Waals surface area contributed by atoms with Crippen LogP contribution in [0.15, 0.2) is 12.2 Å². The molecule has 0 amide bonds. The van der Waals surface area contributed by atoms with Crippen molar-refractivity contribution >= 4 is 11.8 Å². The maximum atomic E-state index is 11.2. The molecule has 0 aromatic heterocycles. The Balaban J connectivity index is 2.38. The molecule has 5 heteroatoms. The molecular formula is C12H18O5. The number of ketones is 1. The molecule has 0 aromatic carbocycles. The van der Waals surface area contributed by atoms with Crippen LogP contribution in [0.3, 0.4) is 0 Å². The third-order valence-electron chi connectivity index (χ3n) is 2.31. The maximum Gasteiger partial charge on any atom is 0.333 e. The maximum absolute atomic E-state index is 11.2. The zero-order valence-corrected chi connectivity index (χ0v) is 10.4. The van der Waals surface area contributed by atoms with Crippen LogP contribution in [0.1, 0.15) is 27.2 Å². The lowest BCUT2D eigenvalue weighted by Crippen LogP contribution is -2.30. The molecule has 2 unspecified atom stereocenters. The monoisotopic (exact) mass is 242 g/mol. The van der Waals surface area contributed by atoms with Gasteiger partial charge in [-0.15, -0.1) is 0 Å². The van der Waals surface area contributed by atoms with Gasteiger partial charge in [0.25, 0.3) is 0 Å². The van der Waals surface area contributed by atoms with Crippen LogP contribution in [0.2, 0.25) is 0 Å². The summed E-state index contributed by atoms with van der Waals surface area (Å²) in [5, 5.41) is 0. The number of hydrogen-bond donors (Lipinski definition) is 0. The van der Waals surface area contributed by atoms with Gasteiger partial charge in [-0.05, 0) is 20.8 Å². The molecular weight excluding hydrogens is 224 g/mol. The Morgan fingerprint density at radius 3 is 2.65 bits per heavy atom. The summed E-state index contributed by atoms with van der Waals surface area (Å²) >= 11 is 0. The first kappa shape index (κ1) is 13.9. The van der Waals surface area contributed by atoms with Crippen molar-refractivity contribution in [2.45, 2.75) is 39.1 Å². The van der Waals surface area contributed by atoms with Crippen LogP contribution >= 0.6 is 0 Å². The molecule has 1 fully saturated rings. The van der Waals surface area contributed by atoms with Crippen LogP contribution < -0.4 is 0 Å². The van der Waals surface area contributed by atoms with E-state index in [1.54, 1.807) is 13.8 Å². The Kier molecular flexibility index (Phi) is 4.42. The van der Waals surface area contributed by atoms with E-state index in [1.807, 2.05) is 0 Å². The largest absolute Gasteiger partial charge is 0.459 e. The number of esters is 1. The second-order valence-corrected chi connectivity index (χ2v) is 4.44. The highest BCUT2D eigenvalue weighted by Crippen LogP contribution is 2.27. The summed E-state index contributed by atoms with van der Waals surface area (Å²) in [4.78, 5) is 22.2. The molecule has 1 aliphatic rings. The van der Waals surface area contributed by atoms with Crippen LogP contribution in [0.4, 0.5) is 0 Å². The number of carbonyl (C=O) groups excluding carboxylic acids is 2. The first-order valence-electron chi connectivity index (χ1n) is 5.46.